The number of nitro groups is 1. The minimum absolute atomic E-state index is 0.193. The summed E-state index contributed by atoms with van der Waals surface area (Å²) in [4.78, 5) is 13.6. The van der Waals surface area contributed by atoms with Crippen molar-refractivity contribution in [2.24, 2.45) is 0 Å². The Morgan fingerprint density at radius 2 is 2.36 bits per heavy atom. The molecule has 0 N–H and O–H groups in total. The lowest BCUT2D eigenvalue weighted by atomic mass is 10.3. The lowest BCUT2D eigenvalue weighted by Gasteiger charge is -1.94. The summed E-state index contributed by atoms with van der Waals surface area (Å²) in [5.74, 6) is 0. The highest BCUT2D eigenvalue weighted by atomic mass is 16.6. The van der Waals surface area contributed by atoms with Gasteiger partial charge in [-0.3, -0.25) is 15.1 Å². The van der Waals surface area contributed by atoms with Gasteiger partial charge in [-0.1, -0.05) is 6.07 Å². The Labute approximate surface area is 64.0 Å². The number of hydrogen-bond acceptors (Lipinski definition) is 3. The van der Waals surface area contributed by atoms with E-state index in [2.05, 4.69) is 4.98 Å². The van der Waals surface area contributed by atoms with E-state index in [1.165, 1.54) is 0 Å². The van der Waals surface area contributed by atoms with Crippen LogP contribution in [0.4, 0.5) is 0 Å². The van der Waals surface area contributed by atoms with Gasteiger partial charge in [-0.05, 0) is 19.1 Å². The topological polar surface area (TPSA) is 56.0 Å². The summed E-state index contributed by atoms with van der Waals surface area (Å²) >= 11 is 0. The lowest BCUT2D eigenvalue weighted by Crippen LogP contribution is -2.00. The first kappa shape index (κ1) is 7.65. The van der Waals surface area contributed by atoms with E-state index in [1.54, 1.807) is 12.1 Å². The maximum atomic E-state index is 10.0. The van der Waals surface area contributed by atoms with Crippen molar-refractivity contribution < 1.29 is 4.92 Å². The minimum atomic E-state index is -0.387. The van der Waals surface area contributed by atoms with Gasteiger partial charge in [-0.25, -0.2) is 0 Å². The number of aryl methyl sites for hydroxylation is 1. The third kappa shape index (κ3) is 2.33. The van der Waals surface area contributed by atoms with Crippen molar-refractivity contribution >= 4 is 0 Å². The molecule has 1 rings (SSSR count). The Kier molecular flexibility index (Phi) is 2.15. The molecule has 0 fully saturated rings. The first-order chi connectivity index (χ1) is 5.18. The molecule has 1 aromatic heterocycles. The summed E-state index contributed by atoms with van der Waals surface area (Å²) in [6.45, 7) is 1.62. The molecule has 0 aromatic carbocycles. The van der Waals surface area contributed by atoms with E-state index in [4.69, 9.17) is 0 Å². The van der Waals surface area contributed by atoms with Crippen LogP contribution in [0.25, 0.3) is 0 Å². The largest absolute Gasteiger partial charge is 0.264 e. The molecule has 0 saturated heterocycles. The molecular weight excluding hydrogens is 144 g/mol. The Morgan fingerprint density at radius 3 is 2.91 bits per heavy atom. The summed E-state index contributed by atoms with van der Waals surface area (Å²) in [6.07, 6.45) is 0. The smallest absolute Gasteiger partial charge is 0.245 e. The van der Waals surface area contributed by atoms with Gasteiger partial charge in [0, 0.05) is 10.6 Å². The molecule has 0 amide bonds. The maximum absolute atomic E-state index is 10.0. The van der Waals surface area contributed by atoms with Crippen molar-refractivity contribution in [2.45, 2.75) is 13.5 Å². The highest BCUT2D eigenvalue weighted by molar-refractivity contribution is 5.08. The lowest BCUT2D eigenvalue weighted by molar-refractivity contribution is -0.497. The summed E-state index contributed by atoms with van der Waals surface area (Å²) in [7, 11) is 0. The molecule has 0 radical (unpaired) electrons. The standard InChI is InChI=1S/C7H8N2O2/c1-6-3-2-4-7(8-6)5-9(10)11/h2-4H,5H2,1H3. The monoisotopic (exact) mass is 152 g/mol. The highest BCUT2D eigenvalue weighted by Crippen LogP contribution is 1.98. The highest BCUT2D eigenvalue weighted by Gasteiger charge is 2.01. The minimum Gasteiger partial charge on any atom is -0.264 e. The van der Waals surface area contributed by atoms with Gasteiger partial charge >= 0.3 is 0 Å². The van der Waals surface area contributed by atoms with Gasteiger partial charge < -0.3 is 0 Å². The molecule has 4 nitrogen and oxygen atoms in total. The zero-order valence-electron chi connectivity index (χ0n) is 6.15. The van der Waals surface area contributed by atoms with Gasteiger partial charge in [0.1, 0.15) is 5.69 Å². The molecular formula is C7H8N2O2. The molecule has 0 aliphatic carbocycles. The van der Waals surface area contributed by atoms with Gasteiger partial charge in [-0.15, -0.1) is 0 Å². The SMILES string of the molecule is Cc1cccc(C[N+](=O)[O-])n1. The summed E-state index contributed by atoms with van der Waals surface area (Å²) in [5, 5.41) is 10.0. The van der Waals surface area contributed by atoms with E-state index in [9.17, 15) is 10.1 Å². The van der Waals surface area contributed by atoms with E-state index < -0.39 is 0 Å². The summed E-state index contributed by atoms with van der Waals surface area (Å²) < 4.78 is 0. The zero-order chi connectivity index (χ0) is 8.27. The Morgan fingerprint density at radius 1 is 1.64 bits per heavy atom. The molecule has 58 valence electrons. The Bertz CT molecular complexity index is 273. The number of pyridine rings is 1. The second-order valence-corrected chi connectivity index (χ2v) is 2.26. The zero-order valence-corrected chi connectivity index (χ0v) is 6.15. The van der Waals surface area contributed by atoms with Crippen molar-refractivity contribution in [3.05, 3.63) is 39.7 Å². The van der Waals surface area contributed by atoms with Crippen LogP contribution in [-0.2, 0) is 6.54 Å². The van der Waals surface area contributed by atoms with Crippen molar-refractivity contribution in [2.75, 3.05) is 0 Å². The van der Waals surface area contributed by atoms with Crippen LogP contribution >= 0.6 is 0 Å². The number of hydrogen-bond donors (Lipinski definition) is 0. The van der Waals surface area contributed by atoms with Gasteiger partial charge in [0.05, 0.1) is 0 Å². The van der Waals surface area contributed by atoms with Crippen LogP contribution in [0.15, 0.2) is 18.2 Å². The van der Waals surface area contributed by atoms with Crippen LogP contribution in [-0.4, -0.2) is 9.91 Å². The van der Waals surface area contributed by atoms with Crippen molar-refractivity contribution in [3.63, 3.8) is 0 Å². The molecule has 11 heavy (non-hydrogen) atoms. The Balaban J connectivity index is 2.79. The van der Waals surface area contributed by atoms with Gasteiger partial charge in [0.15, 0.2) is 0 Å². The molecule has 0 bridgehead atoms. The average Bonchev–Trinajstić information content (AvgIpc) is 1.85. The third-order valence-electron chi connectivity index (χ3n) is 1.24. The molecule has 4 heteroatoms. The van der Waals surface area contributed by atoms with Crippen LogP contribution in [0, 0.1) is 17.0 Å². The van der Waals surface area contributed by atoms with Gasteiger partial charge in [-0.2, -0.15) is 0 Å². The van der Waals surface area contributed by atoms with Crippen LogP contribution in [0.1, 0.15) is 11.4 Å². The fraction of sp³-hybridized carbons (Fsp3) is 0.286. The van der Waals surface area contributed by atoms with E-state index in [1.807, 2.05) is 13.0 Å². The number of rotatable bonds is 2. The molecule has 0 aliphatic heterocycles. The second kappa shape index (κ2) is 3.09. The van der Waals surface area contributed by atoms with Crippen LogP contribution in [0.2, 0.25) is 0 Å². The fourth-order valence-electron chi connectivity index (χ4n) is 0.820. The third-order valence-corrected chi connectivity index (χ3v) is 1.24. The predicted octanol–water partition coefficient (Wildman–Crippen LogP) is 1.17. The fourth-order valence-corrected chi connectivity index (χ4v) is 0.820. The molecule has 0 atom stereocenters. The predicted molar refractivity (Wildman–Crippen MR) is 39.7 cm³/mol. The van der Waals surface area contributed by atoms with Gasteiger partial charge in [0.25, 0.3) is 0 Å². The quantitative estimate of drug-likeness (QED) is 0.472. The second-order valence-electron chi connectivity index (χ2n) is 2.26. The van der Waals surface area contributed by atoms with Gasteiger partial charge in [0.2, 0.25) is 6.54 Å². The normalized spacial score (nSPS) is 9.55. The molecule has 0 saturated carbocycles. The summed E-state index contributed by atoms with van der Waals surface area (Å²) in [6, 6.07) is 5.22. The first-order valence-corrected chi connectivity index (χ1v) is 3.23. The van der Waals surface area contributed by atoms with Crippen molar-refractivity contribution in [3.8, 4) is 0 Å². The van der Waals surface area contributed by atoms with E-state index >= 15 is 0 Å². The molecule has 0 unspecified atom stereocenters. The molecule has 1 heterocycles. The molecule has 0 aliphatic rings. The number of nitrogens with zero attached hydrogens (tertiary/aromatic N) is 2. The maximum Gasteiger partial charge on any atom is 0.245 e. The summed E-state index contributed by atoms with van der Waals surface area (Å²) in [5.41, 5.74) is 1.32. The van der Waals surface area contributed by atoms with E-state index in [-0.39, 0.29) is 11.5 Å². The average molecular weight is 152 g/mol. The van der Waals surface area contributed by atoms with Crippen molar-refractivity contribution in [1.29, 1.82) is 0 Å². The Hall–Kier alpha value is -1.45. The van der Waals surface area contributed by atoms with Crippen LogP contribution in [0.3, 0.4) is 0 Å². The number of aromatic nitrogens is 1. The molecule has 1 aromatic rings. The van der Waals surface area contributed by atoms with E-state index in [0.29, 0.717) is 5.69 Å². The van der Waals surface area contributed by atoms with Crippen molar-refractivity contribution in [1.82, 2.24) is 4.98 Å². The van der Waals surface area contributed by atoms with Crippen LogP contribution in [0.5, 0.6) is 0 Å². The first-order valence-electron chi connectivity index (χ1n) is 3.23. The van der Waals surface area contributed by atoms with Crippen LogP contribution < -0.4 is 0 Å². The molecule has 0 spiro atoms. The van der Waals surface area contributed by atoms with E-state index in [0.717, 1.165) is 5.69 Å².